The molecular weight excluding hydrogens is 557 g/mol. The van der Waals surface area contributed by atoms with Crippen LogP contribution in [0.5, 0.6) is 5.75 Å². The fraction of sp³-hybridized carbons (Fsp3) is 0.281. The van der Waals surface area contributed by atoms with Crippen LogP contribution in [0.4, 0.5) is 5.69 Å². The topological polar surface area (TPSA) is 79.3 Å². The Labute approximate surface area is 244 Å². The summed E-state index contributed by atoms with van der Waals surface area (Å²) in [5, 5.41) is 12.4. The fourth-order valence-corrected chi connectivity index (χ4v) is 8.44. The Morgan fingerprint density at radius 3 is 2.38 bits per heavy atom. The Morgan fingerprint density at radius 1 is 0.975 bits per heavy atom. The lowest BCUT2D eigenvalue weighted by Crippen LogP contribution is -2.13. The number of benzene rings is 4. The van der Waals surface area contributed by atoms with Gasteiger partial charge in [0.25, 0.3) is 10.0 Å². The van der Waals surface area contributed by atoms with Gasteiger partial charge in [0.05, 0.1) is 25.7 Å². The van der Waals surface area contributed by atoms with E-state index >= 15 is 0 Å². The van der Waals surface area contributed by atoms with Gasteiger partial charge in [-0.3, -0.25) is 4.72 Å². The van der Waals surface area contributed by atoms with Crippen molar-refractivity contribution in [3.63, 3.8) is 0 Å². The van der Waals surface area contributed by atoms with Crippen LogP contribution in [-0.2, 0) is 16.4 Å². The van der Waals surface area contributed by atoms with E-state index in [0.717, 1.165) is 39.4 Å². The third-order valence-electron chi connectivity index (χ3n) is 7.26. The summed E-state index contributed by atoms with van der Waals surface area (Å²) in [7, 11) is -3.84. The summed E-state index contributed by atoms with van der Waals surface area (Å²) >= 11 is 2.93. The zero-order valence-electron chi connectivity index (χ0n) is 23.1. The normalized spacial score (nSPS) is 12.8. The monoisotopic (exact) mass is 590 g/mol. The predicted molar refractivity (Wildman–Crippen MR) is 168 cm³/mol. The molecule has 0 spiro atoms. The molecule has 5 rings (SSSR count). The van der Waals surface area contributed by atoms with Crippen LogP contribution in [0.15, 0.2) is 86.9 Å². The highest BCUT2D eigenvalue weighted by molar-refractivity contribution is 8.01. The summed E-state index contributed by atoms with van der Waals surface area (Å²) in [5.41, 5.74) is 3.76. The SMILES string of the molecule is CCCc1ccc(S(=O)(=O)Nc2cc(Sc3nc4ccc(C(CC)C(C)C)cc4s3)c(O)c3ccccc23)cc1. The summed E-state index contributed by atoms with van der Waals surface area (Å²) < 4.78 is 31.4. The number of anilines is 1. The first-order chi connectivity index (χ1) is 19.2. The third-order valence-corrected chi connectivity index (χ3v) is 10.8. The minimum absolute atomic E-state index is 0.110. The lowest BCUT2D eigenvalue weighted by Gasteiger charge is -2.19. The van der Waals surface area contributed by atoms with Crippen molar-refractivity contribution in [1.29, 1.82) is 0 Å². The number of sulfonamides is 1. The van der Waals surface area contributed by atoms with E-state index in [0.29, 0.717) is 33.2 Å². The lowest BCUT2D eigenvalue weighted by atomic mass is 9.86. The van der Waals surface area contributed by atoms with Gasteiger partial charge in [0, 0.05) is 10.8 Å². The van der Waals surface area contributed by atoms with Gasteiger partial charge in [-0.2, -0.15) is 0 Å². The quantitative estimate of drug-likeness (QED) is 0.159. The number of hydrogen-bond acceptors (Lipinski definition) is 6. The maximum atomic E-state index is 13.4. The van der Waals surface area contributed by atoms with Gasteiger partial charge in [-0.1, -0.05) is 88.3 Å². The van der Waals surface area contributed by atoms with E-state index in [1.165, 1.54) is 17.3 Å². The molecule has 1 heterocycles. The van der Waals surface area contributed by atoms with Crippen LogP contribution in [0, 0.1) is 5.92 Å². The van der Waals surface area contributed by atoms with E-state index in [1.807, 2.05) is 30.3 Å². The molecule has 0 bridgehead atoms. The highest BCUT2D eigenvalue weighted by atomic mass is 32.2. The van der Waals surface area contributed by atoms with Gasteiger partial charge in [-0.25, -0.2) is 13.4 Å². The number of phenolic OH excluding ortho intramolecular Hbond substituents is 1. The molecule has 208 valence electrons. The number of nitrogens with zero attached hydrogens (tertiary/aromatic N) is 1. The number of fused-ring (bicyclic) bond motifs is 2. The number of hydrogen-bond donors (Lipinski definition) is 2. The Hall–Kier alpha value is -3.07. The van der Waals surface area contributed by atoms with Crippen LogP contribution in [0.3, 0.4) is 0 Å². The maximum absolute atomic E-state index is 13.4. The van der Waals surface area contributed by atoms with Crippen molar-refractivity contribution in [3.8, 4) is 5.75 Å². The molecule has 0 aliphatic carbocycles. The molecule has 4 aromatic carbocycles. The van der Waals surface area contributed by atoms with Crippen LogP contribution in [0.25, 0.3) is 21.0 Å². The van der Waals surface area contributed by atoms with Gasteiger partial charge in [0.2, 0.25) is 0 Å². The van der Waals surface area contributed by atoms with Crippen LogP contribution in [-0.4, -0.2) is 18.5 Å². The number of thiazole rings is 1. The molecule has 40 heavy (non-hydrogen) atoms. The first kappa shape index (κ1) is 28.5. The number of phenols is 1. The van der Waals surface area contributed by atoms with Crippen molar-refractivity contribution in [3.05, 3.63) is 83.9 Å². The molecule has 0 aliphatic rings. The lowest BCUT2D eigenvalue weighted by molar-refractivity contribution is 0.469. The van der Waals surface area contributed by atoms with Gasteiger partial charge >= 0.3 is 0 Å². The Bertz CT molecular complexity index is 1760. The summed E-state index contributed by atoms with van der Waals surface area (Å²) in [6.45, 7) is 8.82. The standard InChI is InChI=1S/C32H34N2O3S3/c1-5-9-21-12-15-23(16-13-21)40(36,37)34-28-19-30(31(35)26-11-8-7-10-25(26)28)39-32-33-27-17-14-22(18-29(27)38-32)24(6-2)20(3)4/h7-8,10-20,24,34-35H,5-6,9H2,1-4H3. The van der Waals surface area contributed by atoms with Crippen molar-refractivity contribution in [2.45, 2.75) is 67.0 Å². The summed E-state index contributed by atoms with van der Waals surface area (Å²) in [5.74, 6) is 1.15. The zero-order valence-corrected chi connectivity index (χ0v) is 25.6. The molecule has 8 heteroatoms. The molecule has 5 nitrogen and oxygen atoms in total. The van der Waals surface area contributed by atoms with Gasteiger partial charge < -0.3 is 5.11 Å². The fourth-order valence-electron chi connectivity index (χ4n) is 5.20. The highest BCUT2D eigenvalue weighted by Crippen LogP contribution is 2.45. The Kier molecular flexibility index (Phi) is 8.40. The van der Waals surface area contributed by atoms with Gasteiger partial charge in [0.15, 0.2) is 4.34 Å². The van der Waals surface area contributed by atoms with Crippen molar-refractivity contribution in [2.75, 3.05) is 4.72 Å². The highest BCUT2D eigenvalue weighted by Gasteiger charge is 2.20. The molecule has 0 fully saturated rings. The molecule has 0 saturated carbocycles. The molecule has 1 aromatic heterocycles. The number of nitrogens with one attached hydrogen (secondary N) is 1. The second-order valence-corrected chi connectivity index (χ2v) is 14.4. The average Bonchev–Trinajstić information content (AvgIpc) is 3.33. The number of aryl methyl sites for hydroxylation is 1. The molecule has 0 saturated heterocycles. The van der Waals surface area contributed by atoms with Crippen LogP contribution in [0.2, 0.25) is 0 Å². The maximum Gasteiger partial charge on any atom is 0.261 e. The second-order valence-electron chi connectivity index (χ2n) is 10.4. The first-order valence-corrected chi connectivity index (χ1v) is 16.8. The molecule has 0 amide bonds. The van der Waals surface area contributed by atoms with E-state index in [1.54, 1.807) is 35.6 Å². The van der Waals surface area contributed by atoms with Crippen molar-refractivity contribution in [1.82, 2.24) is 4.98 Å². The molecule has 1 unspecified atom stereocenters. The van der Waals surface area contributed by atoms with E-state index in [4.69, 9.17) is 4.98 Å². The van der Waals surface area contributed by atoms with Crippen LogP contribution < -0.4 is 4.72 Å². The van der Waals surface area contributed by atoms with Crippen LogP contribution >= 0.6 is 23.1 Å². The molecular formula is C32H34N2O3S3. The van der Waals surface area contributed by atoms with E-state index < -0.39 is 10.0 Å². The molecule has 1 atom stereocenters. The Balaban J connectivity index is 1.50. The molecule has 0 aliphatic heterocycles. The van der Waals surface area contributed by atoms with E-state index in [-0.39, 0.29) is 10.6 Å². The van der Waals surface area contributed by atoms with Gasteiger partial charge in [-0.05, 0) is 66.1 Å². The number of aromatic nitrogens is 1. The second kappa shape index (κ2) is 11.8. The third kappa shape index (κ3) is 5.85. The summed E-state index contributed by atoms with van der Waals surface area (Å²) in [6, 6.07) is 22.4. The Morgan fingerprint density at radius 2 is 1.70 bits per heavy atom. The van der Waals surface area contributed by atoms with Gasteiger partial charge in [-0.15, -0.1) is 11.3 Å². The van der Waals surface area contributed by atoms with Gasteiger partial charge in [0.1, 0.15) is 5.75 Å². The predicted octanol–water partition coefficient (Wildman–Crippen LogP) is 9.21. The van der Waals surface area contributed by atoms with Crippen molar-refractivity contribution < 1.29 is 13.5 Å². The largest absolute Gasteiger partial charge is 0.506 e. The van der Waals surface area contributed by atoms with E-state index in [2.05, 4.69) is 50.6 Å². The first-order valence-electron chi connectivity index (χ1n) is 13.6. The van der Waals surface area contributed by atoms with E-state index in [9.17, 15) is 13.5 Å². The van der Waals surface area contributed by atoms with Crippen molar-refractivity contribution in [2.24, 2.45) is 5.92 Å². The molecule has 2 N–H and O–H groups in total. The smallest absolute Gasteiger partial charge is 0.261 e. The van der Waals surface area contributed by atoms with Crippen molar-refractivity contribution >= 4 is 59.8 Å². The minimum Gasteiger partial charge on any atom is -0.506 e. The zero-order chi connectivity index (χ0) is 28.4. The van der Waals surface area contributed by atoms with Crippen LogP contribution in [0.1, 0.15) is 57.6 Å². The molecule has 0 radical (unpaired) electrons. The summed E-state index contributed by atoms with van der Waals surface area (Å²) in [6.07, 6.45) is 2.98. The number of rotatable bonds is 10. The number of aromatic hydroxyl groups is 1. The minimum atomic E-state index is -3.84. The summed E-state index contributed by atoms with van der Waals surface area (Å²) in [4.78, 5) is 5.55. The molecule has 5 aromatic rings. The average molecular weight is 591 g/mol.